The van der Waals surface area contributed by atoms with Gasteiger partial charge in [-0.2, -0.15) is 0 Å². The Morgan fingerprint density at radius 3 is 2.94 bits per heavy atom. The third kappa shape index (κ3) is 2.89. The maximum absolute atomic E-state index is 13.4. The van der Waals surface area contributed by atoms with Crippen LogP contribution in [0.5, 0.6) is 0 Å². The highest BCUT2D eigenvalue weighted by Crippen LogP contribution is 2.13. The molecule has 0 aliphatic carbocycles. The molecule has 0 aliphatic heterocycles. The van der Waals surface area contributed by atoms with Gasteiger partial charge < -0.3 is 9.84 Å². The zero-order valence-corrected chi connectivity index (χ0v) is 10.5. The Bertz CT molecular complexity index is 583. The van der Waals surface area contributed by atoms with E-state index in [1.54, 1.807) is 13.0 Å². The van der Waals surface area contributed by atoms with Gasteiger partial charge in [-0.25, -0.2) is 4.39 Å². The number of nitrogens with one attached hydrogen (secondary N) is 1. The fraction of sp³-hybridized carbons (Fsp3) is 0.167. The Morgan fingerprint density at radius 2 is 2.28 bits per heavy atom. The molecule has 0 aliphatic rings. The summed E-state index contributed by atoms with van der Waals surface area (Å²) < 4.78 is 18.3. The van der Waals surface area contributed by atoms with Gasteiger partial charge in [0.1, 0.15) is 17.3 Å². The van der Waals surface area contributed by atoms with Crippen LogP contribution in [0.4, 0.5) is 4.39 Å². The van der Waals surface area contributed by atoms with E-state index < -0.39 is 11.7 Å². The van der Waals surface area contributed by atoms with Crippen molar-refractivity contribution in [2.24, 2.45) is 0 Å². The van der Waals surface area contributed by atoms with Crippen molar-refractivity contribution >= 4 is 18.5 Å². The SMILES string of the molecule is Cc1cc(CNC(=O)c2cc(S)ccc2F)no1. The summed E-state index contributed by atoms with van der Waals surface area (Å²) in [5, 5.41) is 6.28. The number of carbonyl (C=O) groups excluding carboxylic acids is 1. The second-order valence-corrected chi connectivity index (χ2v) is 4.29. The summed E-state index contributed by atoms with van der Waals surface area (Å²) in [6.07, 6.45) is 0. The first kappa shape index (κ1) is 12.6. The molecular formula is C12H11FN2O2S. The number of aryl methyl sites for hydroxylation is 1. The van der Waals surface area contributed by atoms with Crippen molar-refractivity contribution in [3.05, 3.63) is 47.1 Å². The smallest absolute Gasteiger partial charge is 0.254 e. The van der Waals surface area contributed by atoms with Crippen LogP contribution in [0.15, 0.2) is 33.7 Å². The molecule has 2 rings (SSSR count). The van der Waals surface area contributed by atoms with Crippen molar-refractivity contribution in [2.45, 2.75) is 18.4 Å². The summed E-state index contributed by atoms with van der Waals surface area (Å²) in [4.78, 5) is 12.3. The van der Waals surface area contributed by atoms with E-state index in [0.717, 1.165) is 0 Å². The average Bonchev–Trinajstić information content (AvgIpc) is 2.75. The lowest BCUT2D eigenvalue weighted by Gasteiger charge is -2.04. The lowest BCUT2D eigenvalue weighted by atomic mass is 10.2. The van der Waals surface area contributed by atoms with E-state index in [4.69, 9.17) is 4.52 Å². The Hall–Kier alpha value is -1.82. The minimum Gasteiger partial charge on any atom is -0.361 e. The van der Waals surface area contributed by atoms with Crippen LogP contribution >= 0.6 is 12.6 Å². The van der Waals surface area contributed by atoms with Crippen LogP contribution in [0.3, 0.4) is 0 Å². The van der Waals surface area contributed by atoms with Crippen LogP contribution in [0.2, 0.25) is 0 Å². The summed E-state index contributed by atoms with van der Waals surface area (Å²) in [7, 11) is 0. The molecular weight excluding hydrogens is 255 g/mol. The van der Waals surface area contributed by atoms with E-state index >= 15 is 0 Å². The number of carbonyl (C=O) groups is 1. The van der Waals surface area contributed by atoms with Gasteiger partial charge in [0.15, 0.2) is 0 Å². The van der Waals surface area contributed by atoms with Gasteiger partial charge in [0.05, 0.1) is 12.1 Å². The second kappa shape index (κ2) is 5.22. The Morgan fingerprint density at radius 1 is 1.50 bits per heavy atom. The summed E-state index contributed by atoms with van der Waals surface area (Å²) in [5.74, 6) is -0.437. The first-order chi connectivity index (χ1) is 8.56. The van der Waals surface area contributed by atoms with Crippen molar-refractivity contribution in [2.75, 3.05) is 0 Å². The lowest BCUT2D eigenvalue weighted by Crippen LogP contribution is -2.24. The summed E-state index contributed by atoms with van der Waals surface area (Å²) in [6.45, 7) is 1.94. The van der Waals surface area contributed by atoms with E-state index in [9.17, 15) is 9.18 Å². The molecule has 0 radical (unpaired) electrons. The molecule has 0 unspecified atom stereocenters. The molecule has 94 valence electrons. The number of aromatic nitrogens is 1. The highest BCUT2D eigenvalue weighted by Gasteiger charge is 2.12. The number of hydrogen-bond donors (Lipinski definition) is 2. The van der Waals surface area contributed by atoms with Crippen molar-refractivity contribution < 1.29 is 13.7 Å². The first-order valence-electron chi connectivity index (χ1n) is 5.25. The molecule has 0 spiro atoms. The van der Waals surface area contributed by atoms with E-state index in [2.05, 4.69) is 23.1 Å². The van der Waals surface area contributed by atoms with Crippen molar-refractivity contribution in [3.8, 4) is 0 Å². The van der Waals surface area contributed by atoms with Crippen LogP contribution in [0.1, 0.15) is 21.8 Å². The monoisotopic (exact) mass is 266 g/mol. The molecule has 0 atom stereocenters. The first-order valence-corrected chi connectivity index (χ1v) is 5.70. The molecule has 0 fully saturated rings. The third-order valence-electron chi connectivity index (χ3n) is 2.30. The molecule has 1 aromatic heterocycles. The zero-order chi connectivity index (χ0) is 13.1. The minimum absolute atomic E-state index is 0.0392. The number of thiol groups is 1. The molecule has 1 amide bonds. The number of halogens is 1. The van der Waals surface area contributed by atoms with Gasteiger partial charge in [-0.15, -0.1) is 12.6 Å². The number of hydrogen-bond acceptors (Lipinski definition) is 4. The maximum Gasteiger partial charge on any atom is 0.254 e. The largest absolute Gasteiger partial charge is 0.361 e. The summed E-state index contributed by atoms with van der Waals surface area (Å²) in [6, 6.07) is 5.77. The lowest BCUT2D eigenvalue weighted by molar-refractivity contribution is 0.0946. The fourth-order valence-electron chi connectivity index (χ4n) is 1.45. The number of rotatable bonds is 3. The zero-order valence-electron chi connectivity index (χ0n) is 9.61. The van der Waals surface area contributed by atoms with Gasteiger partial charge in [-0.3, -0.25) is 4.79 Å². The Labute approximate surface area is 109 Å². The number of benzene rings is 1. The van der Waals surface area contributed by atoms with Crippen LogP contribution in [0, 0.1) is 12.7 Å². The van der Waals surface area contributed by atoms with Crippen LogP contribution in [-0.4, -0.2) is 11.1 Å². The van der Waals surface area contributed by atoms with Gasteiger partial charge >= 0.3 is 0 Å². The molecule has 1 N–H and O–H groups in total. The summed E-state index contributed by atoms with van der Waals surface area (Å²) in [5.41, 5.74) is 0.547. The topological polar surface area (TPSA) is 55.1 Å². The standard InChI is InChI=1S/C12H11FN2O2S/c1-7-4-8(15-17-7)6-14-12(16)10-5-9(18)2-3-11(10)13/h2-5,18H,6H2,1H3,(H,14,16). The molecule has 1 heterocycles. The fourth-order valence-corrected chi connectivity index (χ4v) is 1.66. The Balaban J connectivity index is 2.05. The molecule has 0 saturated heterocycles. The van der Waals surface area contributed by atoms with Crippen LogP contribution in [-0.2, 0) is 6.54 Å². The Kier molecular flexibility index (Phi) is 3.66. The van der Waals surface area contributed by atoms with Gasteiger partial charge in [-0.1, -0.05) is 5.16 Å². The maximum atomic E-state index is 13.4. The van der Waals surface area contributed by atoms with Crippen molar-refractivity contribution in [3.63, 3.8) is 0 Å². The number of nitrogens with zero attached hydrogens (tertiary/aromatic N) is 1. The van der Waals surface area contributed by atoms with Crippen LogP contribution < -0.4 is 5.32 Å². The quantitative estimate of drug-likeness (QED) is 0.838. The average molecular weight is 266 g/mol. The highest BCUT2D eigenvalue weighted by molar-refractivity contribution is 7.80. The molecule has 18 heavy (non-hydrogen) atoms. The van der Waals surface area contributed by atoms with Gasteiger partial charge in [0.25, 0.3) is 5.91 Å². The number of amides is 1. The summed E-state index contributed by atoms with van der Waals surface area (Å²) >= 11 is 4.06. The van der Waals surface area contributed by atoms with Crippen molar-refractivity contribution in [1.82, 2.24) is 10.5 Å². The van der Waals surface area contributed by atoms with E-state index in [-0.39, 0.29) is 12.1 Å². The molecule has 1 aromatic carbocycles. The predicted octanol–water partition coefficient (Wildman–Crippen LogP) is 2.34. The molecule has 0 bridgehead atoms. The van der Waals surface area contributed by atoms with Crippen LogP contribution in [0.25, 0.3) is 0 Å². The molecule has 6 heteroatoms. The third-order valence-corrected chi connectivity index (χ3v) is 2.58. The van der Waals surface area contributed by atoms with Crippen molar-refractivity contribution in [1.29, 1.82) is 0 Å². The molecule has 4 nitrogen and oxygen atoms in total. The normalized spacial score (nSPS) is 10.4. The predicted molar refractivity (Wildman–Crippen MR) is 66.1 cm³/mol. The van der Waals surface area contributed by atoms with Gasteiger partial charge in [-0.05, 0) is 25.1 Å². The highest BCUT2D eigenvalue weighted by atomic mass is 32.1. The second-order valence-electron chi connectivity index (χ2n) is 3.78. The molecule has 2 aromatic rings. The van der Waals surface area contributed by atoms with E-state index in [1.165, 1.54) is 18.2 Å². The minimum atomic E-state index is -0.582. The van der Waals surface area contributed by atoms with E-state index in [1.807, 2.05) is 0 Å². The van der Waals surface area contributed by atoms with Gasteiger partial charge in [0, 0.05) is 11.0 Å². The van der Waals surface area contributed by atoms with Gasteiger partial charge in [0.2, 0.25) is 0 Å². The molecule has 0 saturated carbocycles. The van der Waals surface area contributed by atoms with E-state index in [0.29, 0.717) is 16.3 Å².